The van der Waals surface area contributed by atoms with Crippen LogP contribution < -0.4 is 15.8 Å². The number of rotatable bonds is 4. The summed E-state index contributed by atoms with van der Waals surface area (Å²) in [4.78, 5) is 24.8. The number of nitrogens with zero attached hydrogens (tertiary/aromatic N) is 3. The monoisotopic (exact) mass is 391 g/mol. The van der Waals surface area contributed by atoms with E-state index in [0.29, 0.717) is 16.3 Å². The zero-order chi connectivity index (χ0) is 19.5. The second kappa shape index (κ2) is 7.50. The van der Waals surface area contributed by atoms with Crippen molar-refractivity contribution in [2.24, 2.45) is 0 Å². The fourth-order valence-corrected chi connectivity index (χ4v) is 2.80. The molecule has 0 aliphatic carbocycles. The SMILES string of the molecule is Nc1nc(NC(=O)c2cccc(Cl)c2)cc(Oc2cnc3ccccc3c2)n1. The molecule has 7 nitrogen and oxygen atoms in total. The molecule has 8 heteroatoms. The summed E-state index contributed by atoms with van der Waals surface area (Å²) in [6, 6.07) is 17.6. The van der Waals surface area contributed by atoms with Crippen molar-refractivity contribution in [3.05, 3.63) is 77.4 Å². The number of nitrogens with two attached hydrogens (primary N) is 1. The van der Waals surface area contributed by atoms with Crippen molar-refractivity contribution in [1.82, 2.24) is 15.0 Å². The first-order valence-electron chi connectivity index (χ1n) is 8.31. The third-order valence-corrected chi connectivity index (χ3v) is 4.07. The number of ether oxygens (including phenoxy) is 1. The predicted molar refractivity (Wildman–Crippen MR) is 108 cm³/mol. The first-order valence-corrected chi connectivity index (χ1v) is 8.69. The van der Waals surface area contributed by atoms with Gasteiger partial charge in [-0.3, -0.25) is 9.78 Å². The molecule has 1 amide bonds. The van der Waals surface area contributed by atoms with E-state index in [0.717, 1.165) is 10.9 Å². The average molecular weight is 392 g/mol. The van der Waals surface area contributed by atoms with Gasteiger partial charge in [0.05, 0.1) is 11.7 Å². The van der Waals surface area contributed by atoms with E-state index in [2.05, 4.69) is 20.3 Å². The van der Waals surface area contributed by atoms with Gasteiger partial charge < -0.3 is 15.8 Å². The van der Waals surface area contributed by atoms with Gasteiger partial charge in [-0.25, -0.2) is 0 Å². The zero-order valence-corrected chi connectivity index (χ0v) is 15.2. The lowest BCUT2D eigenvalue weighted by Crippen LogP contribution is -2.14. The molecule has 0 unspecified atom stereocenters. The Hall–Kier alpha value is -3.71. The third-order valence-electron chi connectivity index (χ3n) is 3.84. The molecule has 0 saturated heterocycles. The van der Waals surface area contributed by atoms with Crippen LogP contribution in [-0.4, -0.2) is 20.9 Å². The van der Waals surface area contributed by atoms with Gasteiger partial charge in [-0.15, -0.1) is 0 Å². The molecule has 2 aromatic carbocycles. The number of amides is 1. The molecule has 0 aliphatic heterocycles. The number of benzene rings is 2. The smallest absolute Gasteiger partial charge is 0.256 e. The first kappa shape index (κ1) is 17.7. The van der Waals surface area contributed by atoms with Crippen molar-refractivity contribution in [3.63, 3.8) is 0 Å². The number of hydrogen-bond donors (Lipinski definition) is 2. The molecule has 3 N–H and O–H groups in total. The van der Waals surface area contributed by atoms with Gasteiger partial charge in [-0.1, -0.05) is 35.9 Å². The van der Waals surface area contributed by atoms with E-state index < -0.39 is 0 Å². The molecule has 0 atom stereocenters. The van der Waals surface area contributed by atoms with Gasteiger partial charge in [0.2, 0.25) is 11.8 Å². The lowest BCUT2D eigenvalue weighted by atomic mass is 10.2. The van der Waals surface area contributed by atoms with E-state index in [4.69, 9.17) is 22.1 Å². The number of nitrogens with one attached hydrogen (secondary N) is 1. The van der Waals surface area contributed by atoms with Gasteiger partial charge in [0, 0.05) is 22.0 Å². The fourth-order valence-electron chi connectivity index (χ4n) is 2.60. The number of hydrogen-bond acceptors (Lipinski definition) is 6. The van der Waals surface area contributed by atoms with E-state index in [9.17, 15) is 4.79 Å². The van der Waals surface area contributed by atoms with Gasteiger partial charge in [-0.05, 0) is 30.3 Å². The van der Waals surface area contributed by atoms with Crippen LogP contribution >= 0.6 is 11.6 Å². The Morgan fingerprint density at radius 1 is 1.04 bits per heavy atom. The summed E-state index contributed by atoms with van der Waals surface area (Å²) in [5.74, 6) is 0.475. The molecule has 2 aromatic heterocycles. The topological polar surface area (TPSA) is 103 Å². The van der Waals surface area contributed by atoms with Gasteiger partial charge in [0.25, 0.3) is 5.91 Å². The molecule has 138 valence electrons. The van der Waals surface area contributed by atoms with Crippen molar-refractivity contribution in [1.29, 1.82) is 0 Å². The Bertz CT molecular complexity index is 1180. The molecule has 4 rings (SSSR count). The Labute approximate surface area is 165 Å². The van der Waals surface area contributed by atoms with Crippen LogP contribution in [0.4, 0.5) is 11.8 Å². The van der Waals surface area contributed by atoms with E-state index in [1.807, 2.05) is 30.3 Å². The minimum absolute atomic E-state index is 0.0346. The van der Waals surface area contributed by atoms with Gasteiger partial charge >= 0.3 is 0 Å². The second-order valence-corrected chi connectivity index (χ2v) is 6.32. The van der Waals surface area contributed by atoms with E-state index in [1.165, 1.54) is 6.07 Å². The highest BCUT2D eigenvalue weighted by atomic mass is 35.5. The standard InChI is InChI=1S/C20H14ClN5O2/c21-14-6-3-5-13(8-14)19(27)24-17-10-18(26-20(22)25-17)28-15-9-12-4-1-2-7-16(12)23-11-15/h1-11H,(H3,22,24,25,26,27). The van der Waals surface area contributed by atoms with Gasteiger partial charge in [-0.2, -0.15) is 9.97 Å². The first-order chi connectivity index (χ1) is 13.6. The van der Waals surface area contributed by atoms with Crippen LogP contribution in [-0.2, 0) is 0 Å². The highest BCUT2D eigenvalue weighted by Gasteiger charge is 2.11. The maximum Gasteiger partial charge on any atom is 0.256 e. The molecular weight excluding hydrogens is 378 g/mol. The minimum Gasteiger partial charge on any atom is -0.437 e. The number of carbonyl (C=O) groups excluding carboxylic acids is 1. The molecule has 0 fully saturated rings. The van der Waals surface area contributed by atoms with Crippen molar-refractivity contribution in [2.75, 3.05) is 11.1 Å². The summed E-state index contributed by atoms with van der Waals surface area (Å²) in [5, 5.41) is 4.05. The second-order valence-electron chi connectivity index (χ2n) is 5.88. The largest absolute Gasteiger partial charge is 0.437 e. The Kier molecular flexibility index (Phi) is 4.74. The Morgan fingerprint density at radius 2 is 1.89 bits per heavy atom. The number of fused-ring (bicyclic) bond motifs is 1. The molecular formula is C20H14ClN5O2. The average Bonchev–Trinajstić information content (AvgIpc) is 2.67. The summed E-state index contributed by atoms with van der Waals surface area (Å²) in [5.41, 5.74) is 7.00. The van der Waals surface area contributed by atoms with Crippen molar-refractivity contribution >= 4 is 40.2 Å². The summed E-state index contributed by atoms with van der Waals surface area (Å²) >= 11 is 5.92. The molecule has 28 heavy (non-hydrogen) atoms. The van der Waals surface area contributed by atoms with E-state index >= 15 is 0 Å². The summed E-state index contributed by atoms with van der Waals surface area (Å²) in [6.45, 7) is 0. The van der Waals surface area contributed by atoms with Crippen LogP contribution in [0, 0.1) is 0 Å². The number of anilines is 2. The lowest BCUT2D eigenvalue weighted by molar-refractivity contribution is 0.102. The maximum atomic E-state index is 12.4. The Morgan fingerprint density at radius 3 is 2.75 bits per heavy atom. The number of halogens is 1. The number of para-hydroxylation sites is 1. The molecule has 0 radical (unpaired) electrons. The summed E-state index contributed by atoms with van der Waals surface area (Å²) < 4.78 is 5.75. The van der Waals surface area contributed by atoms with Crippen LogP contribution in [0.3, 0.4) is 0 Å². The fraction of sp³-hybridized carbons (Fsp3) is 0. The lowest BCUT2D eigenvalue weighted by Gasteiger charge is -2.09. The van der Waals surface area contributed by atoms with Crippen LogP contribution in [0.2, 0.25) is 5.02 Å². The van der Waals surface area contributed by atoms with Crippen molar-refractivity contribution < 1.29 is 9.53 Å². The summed E-state index contributed by atoms with van der Waals surface area (Å²) in [6.07, 6.45) is 1.59. The molecule has 0 spiro atoms. The van der Waals surface area contributed by atoms with Crippen LogP contribution in [0.25, 0.3) is 10.9 Å². The quantitative estimate of drug-likeness (QED) is 0.537. The van der Waals surface area contributed by atoms with Crippen molar-refractivity contribution in [2.45, 2.75) is 0 Å². The van der Waals surface area contributed by atoms with Crippen LogP contribution in [0.1, 0.15) is 10.4 Å². The Balaban J connectivity index is 1.57. The number of nitrogen functional groups attached to an aromatic ring is 1. The molecule has 0 aliphatic rings. The van der Waals surface area contributed by atoms with Crippen LogP contribution in [0.5, 0.6) is 11.6 Å². The summed E-state index contributed by atoms with van der Waals surface area (Å²) in [7, 11) is 0. The van der Waals surface area contributed by atoms with E-state index in [1.54, 1.807) is 30.5 Å². The molecule has 0 saturated carbocycles. The number of carbonyl (C=O) groups is 1. The van der Waals surface area contributed by atoms with Crippen molar-refractivity contribution in [3.8, 4) is 11.6 Å². The number of pyridine rings is 1. The van der Waals surface area contributed by atoms with Gasteiger partial charge in [0.1, 0.15) is 11.6 Å². The minimum atomic E-state index is -0.376. The highest BCUT2D eigenvalue weighted by molar-refractivity contribution is 6.31. The van der Waals surface area contributed by atoms with Gasteiger partial charge in [0.15, 0.2) is 0 Å². The number of aromatic nitrogens is 3. The third kappa shape index (κ3) is 3.99. The van der Waals surface area contributed by atoms with E-state index in [-0.39, 0.29) is 23.6 Å². The van der Waals surface area contributed by atoms with Crippen LogP contribution in [0.15, 0.2) is 66.9 Å². The molecule has 2 heterocycles. The zero-order valence-electron chi connectivity index (χ0n) is 14.5. The predicted octanol–water partition coefficient (Wildman–Crippen LogP) is 4.31. The molecule has 4 aromatic rings. The molecule has 0 bridgehead atoms. The maximum absolute atomic E-state index is 12.4. The normalized spacial score (nSPS) is 10.6. The highest BCUT2D eigenvalue weighted by Crippen LogP contribution is 2.25.